The summed E-state index contributed by atoms with van der Waals surface area (Å²) < 4.78 is 25.9. The van der Waals surface area contributed by atoms with Gasteiger partial charge in [-0.2, -0.15) is 4.80 Å². The van der Waals surface area contributed by atoms with Crippen LogP contribution in [0.15, 0.2) is 48.5 Å². The smallest absolute Gasteiger partial charge is 0.248 e. The zero-order valence-corrected chi connectivity index (χ0v) is 11.8. The molecule has 0 spiro atoms. The van der Waals surface area contributed by atoms with Gasteiger partial charge >= 0.3 is 0 Å². The van der Waals surface area contributed by atoms with Crippen molar-refractivity contribution in [1.29, 1.82) is 0 Å². The van der Waals surface area contributed by atoms with Crippen molar-refractivity contribution in [3.63, 3.8) is 0 Å². The molecule has 0 radical (unpaired) electrons. The molecule has 1 heterocycles. The molecule has 1 N–H and O–H groups in total. The Hall–Kier alpha value is -3.16. The maximum atomic E-state index is 13.0. The molecule has 23 heavy (non-hydrogen) atoms. The van der Waals surface area contributed by atoms with Gasteiger partial charge in [0.2, 0.25) is 11.7 Å². The number of halogens is 2. The van der Waals surface area contributed by atoms with Gasteiger partial charge in [0.05, 0.1) is 0 Å². The lowest BCUT2D eigenvalue weighted by atomic mass is 10.2. The lowest BCUT2D eigenvalue weighted by Crippen LogP contribution is -2.20. The largest absolute Gasteiger partial charge is 0.324 e. The Labute approximate surface area is 129 Å². The van der Waals surface area contributed by atoms with Crippen LogP contribution >= 0.6 is 0 Å². The number of carbonyl (C=O) groups is 1. The molecule has 2 aromatic carbocycles. The van der Waals surface area contributed by atoms with E-state index < -0.39 is 11.7 Å². The minimum absolute atomic E-state index is 0.176. The Morgan fingerprint density at radius 3 is 2.61 bits per heavy atom. The van der Waals surface area contributed by atoms with E-state index in [0.29, 0.717) is 11.3 Å². The van der Waals surface area contributed by atoms with Gasteiger partial charge in [-0.05, 0) is 47.7 Å². The number of rotatable bonds is 4. The first kappa shape index (κ1) is 14.8. The Bertz CT molecular complexity index is 832. The predicted octanol–water partition coefficient (Wildman–Crippen LogP) is 2.26. The normalized spacial score (nSPS) is 10.5. The van der Waals surface area contributed by atoms with Gasteiger partial charge in [0.15, 0.2) is 0 Å². The van der Waals surface area contributed by atoms with Gasteiger partial charge in [0.1, 0.15) is 18.2 Å². The Morgan fingerprint density at radius 2 is 1.87 bits per heavy atom. The second-order valence-electron chi connectivity index (χ2n) is 4.71. The van der Waals surface area contributed by atoms with Crippen LogP contribution in [0.1, 0.15) is 0 Å². The van der Waals surface area contributed by atoms with Crippen LogP contribution in [0.4, 0.5) is 14.5 Å². The quantitative estimate of drug-likeness (QED) is 0.801. The summed E-state index contributed by atoms with van der Waals surface area (Å²) in [7, 11) is 0. The summed E-state index contributed by atoms with van der Waals surface area (Å²) in [4.78, 5) is 13.0. The summed E-state index contributed by atoms with van der Waals surface area (Å²) >= 11 is 0. The zero-order valence-electron chi connectivity index (χ0n) is 11.8. The minimum Gasteiger partial charge on any atom is -0.324 e. The van der Waals surface area contributed by atoms with Crippen molar-refractivity contribution in [3.8, 4) is 11.4 Å². The maximum absolute atomic E-state index is 13.0. The third-order valence-electron chi connectivity index (χ3n) is 2.95. The summed E-state index contributed by atoms with van der Waals surface area (Å²) in [6.45, 7) is -0.176. The van der Waals surface area contributed by atoms with Crippen LogP contribution in [0.2, 0.25) is 0 Å². The van der Waals surface area contributed by atoms with Gasteiger partial charge in [-0.25, -0.2) is 8.78 Å². The van der Waals surface area contributed by atoms with Crippen LogP contribution in [0.5, 0.6) is 0 Å². The third-order valence-corrected chi connectivity index (χ3v) is 2.95. The lowest BCUT2D eigenvalue weighted by molar-refractivity contribution is -0.117. The monoisotopic (exact) mass is 315 g/mol. The molecular weight excluding hydrogens is 304 g/mol. The summed E-state index contributed by atoms with van der Waals surface area (Å²) in [5.74, 6) is -0.946. The fourth-order valence-corrected chi connectivity index (χ4v) is 1.92. The van der Waals surface area contributed by atoms with Crippen LogP contribution in [-0.4, -0.2) is 26.1 Å². The molecule has 8 heteroatoms. The van der Waals surface area contributed by atoms with Gasteiger partial charge in [0, 0.05) is 11.3 Å². The standard InChI is InChI=1S/C15H11F2N5O/c16-11-6-4-10(5-7-11)15-19-21-22(20-15)9-14(23)18-13-3-1-2-12(17)8-13/h1-8H,9H2,(H,18,23). The number of nitrogens with one attached hydrogen (secondary N) is 1. The number of nitrogens with zero attached hydrogens (tertiary/aromatic N) is 4. The molecule has 1 aromatic heterocycles. The molecular formula is C15H11F2N5O. The fourth-order valence-electron chi connectivity index (χ4n) is 1.92. The van der Waals surface area contributed by atoms with E-state index in [9.17, 15) is 13.6 Å². The minimum atomic E-state index is -0.444. The first-order valence-electron chi connectivity index (χ1n) is 6.69. The van der Waals surface area contributed by atoms with Gasteiger partial charge in [-0.15, -0.1) is 10.2 Å². The molecule has 0 atom stereocenters. The van der Waals surface area contributed by atoms with Crippen LogP contribution in [0.3, 0.4) is 0 Å². The van der Waals surface area contributed by atoms with Crippen molar-refractivity contribution >= 4 is 11.6 Å². The zero-order chi connectivity index (χ0) is 16.2. The molecule has 0 unspecified atom stereocenters. The predicted molar refractivity (Wildman–Crippen MR) is 78.2 cm³/mol. The second-order valence-corrected chi connectivity index (χ2v) is 4.71. The van der Waals surface area contributed by atoms with Crippen LogP contribution < -0.4 is 5.32 Å². The van der Waals surface area contributed by atoms with E-state index in [0.717, 1.165) is 4.80 Å². The van der Waals surface area contributed by atoms with E-state index >= 15 is 0 Å². The molecule has 0 fully saturated rings. The van der Waals surface area contributed by atoms with Crippen molar-refractivity contribution in [1.82, 2.24) is 20.2 Å². The highest BCUT2D eigenvalue weighted by molar-refractivity contribution is 5.90. The van der Waals surface area contributed by atoms with E-state index in [4.69, 9.17) is 0 Å². The molecule has 3 rings (SSSR count). The molecule has 1 amide bonds. The van der Waals surface area contributed by atoms with Crippen molar-refractivity contribution in [2.24, 2.45) is 0 Å². The molecule has 6 nitrogen and oxygen atoms in total. The molecule has 0 aliphatic rings. The van der Waals surface area contributed by atoms with Gasteiger partial charge in [0.25, 0.3) is 0 Å². The molecule has 0 saturated carbocycles. The first-order chi connectivity index (χ1) is 11.1. The molecule has 0 aliphatic heterocycles. The van der Waals surface area contributed by atoms with E-state index in [1.54, 1.807) is 6.07 Å². The lowest BCUT2D eigenvalue weighted by Gasteiger charge is -2.04. The number of aromatic nitrogens is 4. The first-order valence-corrected chi connectivity index (χ1v) is 6.69. The summed E-state index contributed by atoms with van der Waals surface area (Å²) in [6, 6.07) is 11.2. The highest BCUT2D eigenvalue weighted by atomic mass is 19.1. The average Bonchev–Trinajstić information content (AvgIpc) is 2.96. The molecule has 116 valence electrons. The summed E-state index contributed by atoms with van der Waals surface area (Å²) in [5, 5.41) is 14.1. The summed E-state index contributed by atoms with van der Waals surface area (Å²) in [6.07, 6.45) is 0. The molecule has 0 saturated heterocycles. The van der Waals surface area contributed by atoms with Crippen LogP contribution in [-0.2, 0) is 11.3 Å². The molecule has 0 bridgehead atoms. The average molecular weight is 315 g/mol. The number of hydrogen-bond donors (Lipinski definition) is 1. The maximum Gasteiger partial charge on any atom is 0.248 e. The number of carbonyl (C=O) groups excluding carboxylic acids is 1. The molecule has 0 aliphatic carbocycles. The molecule has 3 aromatic rings. The van der Waals surface area contributed by atoms with Gasteiger partial charge in [-0.3, -0.25) is 4.79 Å². The van der Waals surface area contributed by atoms with Crippen LogP contribution in [0.25, 0.3) is 11.4 Å². The Morgan fingerprint density at radius 1 is 1.09 bits per heavy atom. The number of hydrogen-bond acceptors (Lipinski definition) is 4. The number of tetrazole rings is 1. The topological polar surface area (TPSA) is 72.7 Å². The fraction of sp³-hybridized carbons (Fsp3) is 0.0667. The Balaban J connectivity index is 1.66. The number of anilines is 1. The second kappa shape index (κ2) is 6.30. The number of amides is 1. The highest BCUT2D eigenvalue weighted by Gasteiger charge is 2.10. The van der Waals surface area contributed by atoms with E-state index in [2.05, 4.69) is 20.7 Å². The van der Waals surface area contributed by atoms with E-state index in [1.165, 1.54) is 42.5 Å². The van der Waals surface area contributed by atoms with Crippen molar-refractivity contribution in [2.75, 3.05) is 5.32 Å². The van der Waals surface area contributed by atoms with E-state index in [1.807, 2.05) is 0 Å². The SMILES string of the molecule is O=C(Cn1nnc(-c2ccc(F)cc2)n1)Nc1cccc(F)c1. The number of benzene rings is 2. The third kappa shape index (κ3) is 3.73. The van der Waals surface area contributed by atoms with Gasteiger partial charge in [-0.1, -0.05) is 6.07 Å². The summed E-state index contributed by atoms with van der Waals surface area (Å²) in [5.41, 5.74) is 0.928. The van der Waals surface area contributed by atoms with Crippen molar-refractivity contribution in [3.05, 3.63) is 60.2 Å². The highest BCUT2D eigenvalue weighted by Crippen LogP contribution is 2.14. The van der Waals surface area contributed by atoms with Crippen molar-refractivity contribution < 1.29 is 13.6 Å². The van der Waals surface area contributed by atoms with E-state index in [-0.39, 0.29) is 18.2 Å². The van der Waals surface area contributed by atoms with Crippen LogP contribution in [0, 0.1) is 11.6 Å². The van der Waals surface area contributed by atoms with Crippen molar-refractivity contribution in [2.45, 2.75) is 6.54 Å². The van der Waals surface area contributed by atoms with Gasteiger partial charge < -0.3 is 5.32 Å². The Kier molecular flexibility index (Phi) is 4.05.